The molecule has 0 atom stereocenters. The molecule has 0 heterocycles. The molecule has 0 aliphatic rings. The van der Waals surface area contributed by atoms with Crippen LogP contribution in [0.4, 0.5) is 17.1 Å². The van der Waals surface area contributed by atoms with Gasteiger partial charge in [0, 0.05) is 19.8 Å². The molecule has 0 saturated carbocycles. The molecule has 2 rings (SSSR count). The highest BCUT2D eigenvalue weighted by Crippen LogP contribution is 2.29. The summed E-state index contributed by atoms with van der Waals surface area (Å²) in [7, 11) is 3.17. The van der Waals surface area contributed by atoms with Crippen LogP contribution >= 0.6 is 0 Å². The predicted molar refractivity (Wildman–Crippen MR) is 81.8 cm³/mol. The Morgan fingerprint density at radius 3 is 2.38 bits per heavy atom. The number of nitrogens with one attached hydrogen (secondary N) is 1. The monoisotopic (exact) mass is 285 g/mol. The number of amides is 1. The molecule has 21 heavy (non-hydrogen) atoms. The smallest absolute Gasteiger partial charge is 0.305 e. The standard InChI is InChI=1S/C15H15N3O3/c1-16-13-10-6-9-12(14(13)18(20)21)15(19)17(2)11-7-4-3-5-8-11/h3-10,16H,1-2H3. The highest BCUT2D eigenvalue weighted by molar-refractivity contribution is 6.09. The Labute approximate surface area is 122 Å². The molecule has 2 aromatic carbocycles. The average molecular weight is 285 g/mol. The van der Waals surface area contributed by atoms with Crippen LogP contribution in [0.1, 0.15) is 10.4 Å². The van der Waals surface area contributed by atoms with Crippen molar-refractivity contribution in [1.82, 2.24) is 0 Å². The topological polar surface area (TPSA) is 75.5 Å². The van der Waals surface area contributed by atoms with E-state index in [0.717, 1.165) is 0 Å². The van der Waals surface area contributed by atoms with E-state index < -0.39 is 10.8 Å². The van der Waals surface area contributed by atoms with Gasteiger partial charge in [-0.2, -0.15) is 0 Å². The van der Waals surface area contributed by atoms with Gasteiger partial charge in [0.05, 0.1) is 4.92 Å². The van der Waals surface area contributed by atoms with Gasteiger partial charge < -0.3 is 10.2 Å². The van der Waals surface area contributed by atoms with E-state index in [1.54, 1.807) is 50.5 Å². The normalized spacial score (nSPS) is 10.0. The second kappa shape index (κ2) is 6.04. The third-order valence-corrected chi connectivity index (χ3v) is 3.17. The maximum atomic E-state index is 12.5. The number of nitrogens with zero attached hydrogens (tertiary/aromatic N) is 2. The van der Waals surface area contributed by atoms with Crippen molar-refractivity contribution in [2.75, 3.05) is 24.3 Å². The first-order valence-corrected chi connectivity index (χ1v) is 6.34. The molecule has 0 bridgehead atoms. The van der Waals surface area contributed by atoms with Crippen molar-refractivity contribution in [3.63, 3.8) is 0 Å². The maximum Gasteiger partial charge on any atom is 0.305 e. The van der Waals surface area contributed by atoms with Crippen molar-refractivity contribution >= 4 is 23.0 Å². The van der Waals surface area contributed by atoms with Crippen LogP contribution in [-0.4, -0.2) is 24.9 Å². The van der Waals surface area contributed by atoms with Crippen LogP contribution in [0.3, 0.4) is 0 Å². The fraction of sp³-hybridized carbons (Fsp3) is 0.133. The van der Waals surface area contributed by atoms with Crippen LogP contribution in [0.5, 0.6) is 0 Å². The number of nitro groups is 1. The van der Waals surface area contributed by atoms with E-state index >= 15 is 0 Å². The number of anilines is 2. The summed E-state index contributed by atoms with van der Waals surface area (Å²) in [5.41, 5.74) is 0.824. The Bertz CT molecular complexity index is 671. The second-order valence-corrected chi connectivity index (χ2v) is 4.41. The quantitative estimate of drug-likeness (QED) is 0.692. The molecular formula is C15H15N3O3. The van der Waals surface area contributed by atoms with Crippen LogP contribution < -0.4 is 10.2 Å². The van der Waals surface area contributed by atoms with Gasteiger partial charge in [-0.15, -0.1) is 0 Å². The minimum atomic E-state index is -0.544. The molecule has 1 amide bonds. The average Bonchev–Trinajstić information content (AvgIpc) is 2.53. The summed E-state index contributed by atoms with van der Waals surface area (Å²) in [6, 6.07) is 13.6. The van der Waals surface area contributed by atoms with Crippen molar-refractivity contribution in [1.29, 1.82) is 0 Å². The van der Waals surface area contributed by atoms with Gasteiger partial charge in [0.25, 0.3) is 5.91 Å². The molecule has 6 heteroatoms. The first-order valence-electron chi connectivity index (χ1n) is 6.34. The Morgan fingerprint density at radius 1 is 1.14 bits per heavy atom. The highest BCUT2D eigenvalue weighted by atomic mass is 16.6. The fourth-order valence-corrected chi connectivity index (χ4v) is 2.06. The zero-order valence-electron chi connectivity index (χ0n) is 11.7. The third kappa shape index (κ3) is 2.84. The van der Waals surface area contributed by atoms with E-state index in [1.807, 2.05) is 6.07 Å². The number of hydrogen-bond donors (Lipinski definition) is 1. The van der Waals surface area contributed by atoms with Gasteiger partial charge >= 0.3 is 5.69 Å². The molecule has 1 N–H and O–H groups in total. The van der Waals surface area contributed by atoms with E-state index in [0.29, 0.717) is 11.4 Å². The van der Waals surface area contributed by atoms with Crippen LogP contribution in [-0.2, 0) is 0 Å². The zero-order valence-corrected chi connectivity index (χ0v) is 11.7. The lowest BCUT2D eigenvalue weighted by molar-refractivity contribution is -0.384. The molecule has 2 aromatic rings. The first kappa shape index (κ1) is 14.5. The van der Waals surface area contributed by atoms with E-state index in [1.165, 1.54) is 11.0 Å². The lowest BCUT2D eigenvalue weighted by Gasteiger charge is -2.17. The number of nitro benzene ring substituents is 1. The van der Waals surface area contributed by atoms with Crippen molar-refractivity contribution in [2.45, 2.75) is 0 Å². The highest BCUT2D eigenvalue weighted by Gasteiger charge is 2.26. The van der Waals surface area contributed by atoms with E-state index in [-0.39, 0.29) is 11.3 Å². The fourth-order valence-electron chi connectivity index (χ4n) is 2.06. The van der Waals surface area contributed by atoms with Crippen LogP contribution in [0.2, 0.25) is 0 Å². The number of hydrogen-bond acceptors (Lipinski definition) is 4. The van der Waals surface area contributed by atoms with Crippen molar-refractivity contribution in [3.8, 4) is 0 Å². The van der Waals surface area contributed by atoms with Crippen LogP contribution in [0.25, 0.3) is 0 Å². The second-order valence-electron chi connectivity index (χ2n) is 4.41. The minimum absolute atomic E-state index is 0.0539. The lowest BCUT2D eigenvalue weighted by Crippen LogP contribution is -2.27. The van der Waals surface area contributed by atoms with Gasteiger partial charge in [-0.1, -0.05) is 24.3 Å². The Morgan fingerprint density at radius 2 is 1.81 bits per heavy atom. The summed E-state index contributed by atoms with van der Waals surface area (Å²) in [5.74, 6) is -0.426. The van der Waals surface area contributed by atoms with E-state index in [2.05, 4.69) is 5.32 Å². The van der Waals surface area contributed by atoms with Crippen molar-refractivity contribution in [2.24, 2.45) is 0 Å². The first-order chi connectivity index (χ1) is 10.1. The summed E-state index contributed by atoms with van der Waals surface area (Å²) in [4.78, 5) is 24.6. The van der Waals surface area contributed by atoms with Gasteiger partial charge in [0.15, 0.2) is 0 Å². The Balaban J connectivity index is 2.47. The SMILES string of the molecule is CNc1cccc(C(=O)N(C)c2ccccc2)c1[N+](=O)[O-]. The third-order valence-electron chi connectivity index (χ3n) is 3.17. The molecule has 0 aliphatic heterocycles. The molecule has 0 fully saturated rings. The van der Waals surface area contributed by atoms with Gasteiger partial charge in [-0.25, -0.2) is 0 Å². The number of para-hydroxylation sites is 2. The van der Waals surface area contributed by atoms with Gasteiger partial charge in [-0.3, -0.25) is 14.9 Å². The molecule has 0 aliphatic carbocycles. The van der Waals surface area contributed by atoms with E-state index in [9.17, 15) is 14.9 Å². The van der Waals surface area contributed by atoms with Crippen LogP contribution in [0, 0.1) is 10.1 Å². The number of rotatable bonds is 4. The summed E-state index contributed by atoms with van der Waals surface area (Å²) in [6.07, 6.45) is 0. The Kier molecular flexibility index (Phi) is 4.18. The summed E-state index contributed by atoms with van der Waals surface area (Å²) in [6.45, 7) is 0. The molecule has 6 nitrogen and oxygen atoms in total. The molecule has 0 radical (unpaired) electrons. The summed E-state index contributed by atoms with van der Waals surface area (Å²) in [5, 5.41) is 14.0. The van der Waals surface area contributed by atoms with Crippen molar-refractivity contribution < 1.29 is 9.72 Å². The molecule has 0 unspecified atom stereocenters. The summed E-state index contributed by atoms with van der Waals surface area (Å²) < 4.78 is 0. The predicted octanol–water partition coefficient (Wildman–Crippen LogP) is 2.91. The van der Waals surface area contributed by atoms with Crippen molar-refractivity contribution in [3.05, 3.63) is 64.2 Å². The van der Waals surface area contributed by atoms with E-state index in [4.69, 9.17) is 0 Å². The molecule has 0 spiro atoms. The molecular weight excluding hydrogens is 270 g/mol. The largest absolute Gasteiger partial charge is 0.383 e. The van der Waals surface area contributed by atoms with Gasteiger partial charge in [0.1, 0.15) is 11.3 Å². The Hall–Kier alpha value is -2.89. The van der Waals surface area contributed by atoms with Gasteiger partial charge in [0.2, 0.25) is 0 Å². The molecule has 108 valence electrons. The zero-order chi connectivity index (χ0) is 15.4. The number of carbonyl (C=O) groups is 1. The molecule has 0 saturated heterocycles. The minimum Gasteiger partial charge on any atom is -0.383 e. The lowest BCUT2D eigenvalue weighted by atomic mass is 10.1. The summed E-state index contributed by atoms with van der Waals surface area (Å²) >= 11 is 0. The number of benzene rings is 2. The molecule has 0 aromatic heterocycles. The number of carbonyl (C=O) groups excluding carboxylic acids is 1. The maximum absolute atomic E-state index is 12.5. The van der Waals surface area contributed by atoms with Crippen LogP contribution in [0.15, 0.2) is 48.5 Å². The van der Waals surface area contributed by atoms with Gasteiger partial charge in [-0.05, 0) is 24.3 Å².